The van der Waals surface area contributed by atoms with E-state index in [1.165, 1.54) is 0 Å². The third-order valence-electron chi connectivity index (χ3n) is 2.92. The number of rotatable bonds is 5. The molecule has 0 aromatic heterocycles. The van der Waals surface area contributed by atoms with Crippen LogP contribution in [0.2, 0.25) is 0 Å². The number of nitrogens with one attached hydrogen (secondary N) is 1. The van der Waals surface area contributed by atoms with Crippen molar-refractivity contribution in [3.8, 4) is 0 Å². The van der Waals surface area contributed by atoms with E-state index in [-0.39, 0.29) is 18.7 Å². The van der Waals surface area contributed by atoms with E-state index in [1.807, 2.05) is 0 Å². The van der Waals surface area contributed by atoms with E-state index in [9.17, 15) is 23.8 Å². The van der Waals surface area contributed by atoms with Crippen molar-refractivity contribution in [2.75, 3.05) is 12.3 Å². The van der Waals surface area contributed by atoms with Gasteiger partial charge in [-0.15, -0.1) is 0 Å². The second kappa shape index (κ2) is 7.56. The van der Waals surface area contributed by atoms with Crippen LogP contribution in [-0.4, -0.2) is 34.6 Å². The lowest BCUT2D eigenvalue weighted by Crippen LogP contribution is -2.34. The Labute approximate surface area is 133 Å². The average Bonchev–Trinajstić information content (AvgIpc) is 2.41. The molecule has 1 aromatic rings. The van der Waals surface area contributed by atoms with Gasteiger partial charge in [0.2, 0.25) is 0 Å². The molecule has 6 nitrogen and oxygen atoms in total. The Hall–Kier alpha value is -1.93. The normalized spacial score (nSPS) is 14.2. The summed E-state index contributed by atoms with van der Waals surface area (Å²) < 4.78 is 32.4. The summed E-state index contributed by atoms with van der Waals surface area (Å²) in [7, 11) is 0. The molecule has 2 atom stereocenters. The van der Waals surface area contributed by atoms with Gasteiger partial charge in [0, 0.05) is 6.54 Å². The predicted molar refractivity (Wildman–Crippen MR) is 80.6 cm³/mol. The number of amides is 1. The van der Waals surface area contributed by atoms with E-state index in [2.05, 4.69) is 5.32 Å². The molecule has 1 rings (SSSR count). The minimum atomic E-state index is -1.81. The number of anilines is 1. The molecule has 8 heteroatoms. The predicted octanol–water partition coefficient (Wildman–Crippen LogP) is 1.86. The first kappa shape index (κ1) is 19.1. The summed E-state index contributed by atoms with van der Waals surface area (Å²) in [4.78, 5) is 11.4. The van der Waals surface area contributed by atoms with Crippen LogP contribution < -0.4 is 11.1 Å². The molecule has 0 fully saturated rings. The first-order valence-electron chi connectivity index (χ1n) is 7.09. The van der Waals surface area contributed by atoms with Crippen LogP contribution in [0, 0.1) is 11.6 Å². The van der Waals surface area contributed by atoms with Gasteiger partial charge >= 0.3 is 6.09 Å². The molecule has 0 bridgehead atoms. The van der Waals surface area contributed by atoms with Gasteiger partial charge in [0.1, 0.15) is 17.5 Å². The highest BCUT2D eigenvalue weighted by molar-refractivity contribution is 5.67. The number of halogens is 2. The van der Waals surface area contributed by atoms with E-state index in [0.717, 1.165) is 12.1 Å². The third-order valence-corrected chi connectivity index (χ3v) is 2.92. The zero-order chi connectivity index (χ0) is 17.8. The van der Waals surface area contributed by atoms with Crippen LogP contribution in [0.25, 0.3) is 0 Å². The van der Waals surface area contributed by atoms with Crippen molar-refractivity contribution in [1.82, 2.24) is 5.32 Å². The highest BCUT2D eigenvalue weighted by atomic mass is 19.1. The Balaban J connectivity index is 2.60. The number of hydrogen-bond donors (Lipinski definition) is 4. The summed E-state index contributed by atoms with van der Waals surface area (Å²) in [5.74, 6) is -2.12. The first-order valence-corrected chi connectivity index (χ1v) is 7.09. The molecule has 0 heterocycles. The molecular formula is C15H22F2N2O4. The quantitative estimate of drug-likeness (QED) is 0.616. The van der Waals surface area contributed by atoms with Crippen LogP contribution in [0.4, 0.5) is 19.3 Å². The lowest BCUT2D eigenvalue weighted by molar-refractivity contribution is 0.00837. The number of carbonyl (C=O) groups is 1. The Morgan fingerprint density at radius 3 is 2.52 bits per heavy atom. The van der Waals surface area contributed by atoms with Gasteiger partial charge in [0.25, 0.3) is 0 Å². The molecule has 23 heavy (non-hydrogen) atoms. The van der Waals surface area contributed by atoms with Gasteiger partial charge in [-0.05, 0) is 39.3 Å². The summed E-state index contributed by atoms with van der Waals surface area (Å²) in [5.41, 5.74) is 3.61. The second-order valence-electron chi connectivity index (χ2n) is 6.09. The number of ether oxygens (including phenoxy) is 1. The number of nitrogen functional groups attached to an aromatic ring is 1. The molecule has 130 valence electrons. The largest absolute Gasteiger partial charge is 0.444 e. The molecule has 2 unspecified atom stereocenters. The summed E-state index contributed by atoms with van der Waals surface area (Å²) in [6.07, 6.45) is -4.12. The SMILES string of the molecule is CC(C)(C)OC(=O)NCCC(O)C(O)c1c(F)ccc(N)c1F. The van der Waals surface area contributed by atoms with Crippen LogP contribution in [-0.2, 0) is 4.74 Å². The Kier molecular flexibility index (Phi) is 6.28. The number of alkyl carbamates (subject to hydrolysis) is 1. The number of carbonyl (C=O) groups excluding carboxylic acids is 1. The lowest BCUT2D eigenvalue weighted by atomic mass is 10.00. The van der Waals surface area contributed by atoms with Crippen LogP contribution in [0.15, 0.2) is 12.1 Å². The number of hydrogen-bond acceptors (Lipinski definition) is 5. The third kappa shape index (κ3) is 5.65. The molecule has 1 aromatic carbocycles. The number of benzene rings is 1. The van der Waals surface area contributed by atoms with Gasteiger partial charge in [-0.25, -0.2) is 13.6 Å². The van der Waals surface area contributed by atoms with Gasteiger partial charge in [0.15, 0.2) is 5.82 Å². The van der Waals surface area contributed by atoms with E-state index in [0.29, 0.717) is 0 Å². The molecule has 0 aliphatic rings. The Morgan fingerprint density at radius 1 is 1.35 bits per heavy atom. The molecule has 0 aliphatic heterocycles. The monoisotopic (exact) mass is 332 g/mol. The van der Waals surface area contributed by atoms with E-state index in [4.69, 9.17) is 10.5 Å². The molecule has 0 spiro atoms. The topological polar surface area (TPSA) is 105 Å². The zero-order valence-electron chi connectivity index (χ0n) is 13.3. The maximum absolute atomic E-state index is 13.8. The number of aliphatic hydroxyl groups is 2. The molecule has 5 N–H and O–H groups in total. The van der Waals surface area contributed by atoms with Gasteiger partial charge in [-0.1, -0.05) is 0 Å². The molecular weight excluding hydrogens is 310 g/mol. The summed E-state index contributed by atoms with van der Waals surface area (Å²) in [5, 5.41) is 22.1. The van der Waals surface area contributed by atoms with Crippen molar-refractivity contribution in [1.29, 1.82) is 0 Å². The summed E-state index contributed by atoms with van der Waals surface area (Å²) in [6, 6.07) is 1.93. The van der Waals surface area contributed by atoms with E-state index < -0.39 is 41.1 Å². The average molecular weight is 332 g/mol. The second-order valence-corrected chi connectivity index (χ2v) is 6.09. The summed E-state index contributed by atoms with van der Waals surface area (Å²) in [6.45, 7) is 5.03. The van der Waals surface area contributed by atoms with Crippen molar-refractivity contribution in [3.63, 3.8) is 0 Å². The van der Waals surface area contributed by atoms with Gasteiger partial charge < -0.3 is 26.0 Å². The maximum Gasteiger partial charge on any atom is 0.407 e. The highest BCUT2D eigenvalue weighted by Crippen LogP contribution is 2.27. The molecule has 0 saturated heterocycles. The summed E-state index contributed by atoms with van der Waals surface area (Å²) >= 11 is 0. The zero-order valence-corrected chi connectivity index (χ0v) is 13.3. The van der Waals surface area contributed by atoms with Crippen molar-refractivity contribution >= 4 is 11.8 Å². The van der Waals surface area contributed by atoms with Crippen LogP contribution in [0.3, 0.4) is 0 Å². The maximum atomic E-state index is 13.8. The molecule has 1 amide bonds. The van der Waals surface area contributed by atoms with Crippen LogP contribution in [0.5, 0.6) is 0 Å². The van der Waals surface area contributed by atoms with E-state index >= 15 is 0 Å². The minimum Gasteiger partial charge on any atom is -0.444 e. The fourth-order valence-electron chi connectivity index (χ4n) is 1.84. The Bertz CT molecular complexity index is 561. The van der Waals surface area contributed by atoms with Crippen molar-refractivity contribution in [2.45, 2.75) is 45.0 Å². The van der Waals surface area contributed by atoms with E-state index in [1.54, 1.807) is 20.8 Å². The van der Waals surface area contributed by atoms with Gasteiger partial charge in [0.05, 0.1) is 17.4 Å². The van der Waals surface area contributed by atoms with Gasteiger partial charge in [-0.3, -0.25) is 0 Å². The molecule has 0 radical (unpaired) electrons. The fraction of sp³-hybridized carbons (Fsp3) is 0.533. The molecule has 0 saturated carbocycles. The highest BCUT2D eigenvalue weighted by Gasteiger charge is 2.26. The minimum absolute atomic E-state index is 0.0430. The molecule has 0 aliphatic carbocycles. The van der Waals surface area contributed by atoms with Gasteiger partial charge in [-0.2, -0.15) is 0 Å². The van der Waals surface area contributed by atoms with Crippen molar-refractivity contribution < 1.29 is 28.5 Å². The van der Waals surface area contributed by atoms with Crippen LogP contribution >= 0.6 is 0 Å². The number of aliphatic hydroxyl groups excluding tert-OH is 2. The van der Waals surface area contributed by atoms with Crippen molar-refractivity contribution in [2.24, 2.45) is 0 Å². The van der Waals surface area contributed by atoms with Crippen LogP contribution in [0.1, 0.15) is 38.9 Å². The first-order chi connectivity index (χ1) is 10.5. The van der Waals surface area contributed by atoms with Crippen molar-refractivity contribution in [3.05, 3.63) is 29.3 Å². The fourth-order valence-corrected chi connectivity index (χ4v) is 1.84. The lowest BCUT2D eigenvalue weighted by Gasteiger charge is -2.22. The standard InChI is InChI=1S/C15H22F2N2O4/c1-15(2,3)23-14(22)19-7-6-10(20)13(21)11-8(16)4-5-9(18)12(11)17/h4-5,10,13,20-21H,6-7,18H2,1-3H3,(H,19,22). The number of nitrogens with two attached hydrogens (primary N) is 1. The smallest absolute Gasteiger partial charge is 0.407 e. The Morgan fingerprint density at radius 2 is 1.96 bits per heavy atom.